The summed E-state index contributed by atoms with van der Waals surface area (Å²) in [5.74, 6) is -2.18. The highest BCUT2D eigenvalue weighted by Gasteiger charge is 2.36. The molecule has 6 aromatic rings. The van der Waals surface area contributed by atoms with Gasteiger partial charge in [0, 0.05) is 30.8 Å². The number of aromatic nitrogens is 2. The van der Waals surface area contributed by atoms with Crippen LogP contribution >= 0.6 is 23.2 Å². The molecule has 0 amide bonds. The van der Waals surface area contributed by atoms with E-state index in [4.69, 9.17) is 47.1 Å². The zero-order chi connectivity index (χ0) is 55.0. The van der Waals surface area contributed by atoms with Crippen LogP contribution in [-0.4, -0.2) is 66.6 Å². The number of hydrogen-bond donors (Lipinski definition) is 6. The second kappa shape index (κ2) is 23.7. The number of pyridine rings is 2. The number of nitriles is 4. The lowest BCUT2D eigenvalue weighted by Crippen LogP contribution is -2.52. The fraction of sp³-hybridized carbons (Fsp3) is 0.298. The lowest BCUT2D eigenvalue weighted by atomic mass is 9.91. The largest absolute Gasteiger partial charge is 0.480 e. The molecule has 77 heavy (non-hydrogen) atoms. The van der Waals surface area contributed by atoms with Crippen LogP contribution in [0.5, 0.6) is 23.5 Å². The van der Waals surface area contributed by atoms with Gasteiger partial charge < -0.3 is 39.4 Å². The highest BCUT2D eigenvalue weighted by Crippen LogP contribution is 2.46. The number of benzene rings is 4. The molecule has 6 N–H and O–H groups in total. The number of carboxylic acids is 2. The Bertz CT molecular complexity index is 3400. The Labute approximate surface area is 453 Å². The summed E-state index contributed by atoms with van der Waals surface area (Å²) in [7, 11) is 0. The maximum Gasteiger partial charge on any atom is 0.326 e. The van der Waals surface area contributed by atoms with Crippen molar-refractivity contribution in [2.45, 2.75) is 95.5 Å². The van der Waals surface area contributed by atoms with Crippen molar-refractivity contribution in [3.05, 3.63) is 162 Å². The van der Waals surface area contributed by atoms with Gasteiger partial charge in [0.15, 0.2) is 0 Å². The minimum Gasteiger partial charge on any atom is -0.480 e. The highest BCUT2D eigenvalue weighted by molar-refractivity contribution is 6.32. The van der Waals surface area contributed by atoms with Crippen LogP contribution in [0.2, 0.25) is 10.0 Å². The van der Waals surface area contributed by atoms with Crippen LogP contribution in [0, 0.1) is 45.3 Å². The number of carboxylic acid groups (broad SMARTS) is 2. The molecule has 2 heterocycles. The molecule has 0 saturated heterocycles. The topological polar surface area (TPSA) is 297 Å². The predicted octanol–water partition coefficient (Wildman–Crippen LogP) is 8.47. The first-order valence-corrected chi connectivity index (χ1v) is 25.1. The van der Waals surface area contributed by atoms with Crippen LogP contribution in [-0.2, 0) is 48.7 Å². The molecule has 0 bridgehead atoms. The van der Waals surface area contributed by atoms with E-state index >= 15 is 0 Å². The summed E-state index contributed by atoms with van der Waals surface area (Å²) >= 11 is 13.8. The average molecular weight is 1080 g/mol. The quantitative estimate of drug-likeness (QED) is 0.0371. The summed E-state index contributed by atoms with van der Waals surface area (Å²) in [5.41, 5.74) is 5.69. The van der Waals surface area contributed by atoms with Gasteiger partial charge in [0.2, 0.25) is 23.5 Å². The van der Waals surface area contributed by atoms with Crippen LogP contribution in [0.25, 0.3) is 11.1 Å². The first-order chi connectivity index (χ1) is 37.0. The fourth-order valence-electron chi connectivity index (χ4n) is 9.29. The minimum atomic E-state index is -1.70. The van der Waals surface area contributed by atoms with Crippen molar-refractivity contribution in [1.82, 2.24) is 20.6 Å². The molecular weight excluding hydrogens is 1030 g/mol. The summed E-state index contributed by atoms with van der Waals surface area (Å²) in [6.45, 7) is 1.32. The van der Waals surface area contributed by atoms with Crippen LogP contribution in [0.1, 0.15) is 112 Å². The minimum absolute atomic E-state index is 0.0511. The van der Waals surface area contributed by atoms with Crippen molar-refractivity contribution in [1.29, 1.82) is 21.0 Å². The third kappa shape index (κ3) is 12.2. The number of nitrogens with one attached hydrogen (secondary N) is 2. The number of nitrogens with zero attached hydrogens (tertiary/aromatic N) is 6. The Balaban J connectivity index is 1.05. The summed E-state index contributed by atoms with van der Waals surface area (Å²) in [6, 6.07) is 32.6. The third-order valence-electron chi connectivity index (χ3n) is 13.7. The van der Waals surface area contributed by atoms with Gasteiger partial charge in [-0.25, -0.2) is 0 Å². The SMILES string of the molecule is CC(CO)(NCc1cc(Cl)c(O[C@H]2CCc3c(-c4cccc5c4CC[C@@H]5Oc4nc(OCc5cc(C#N)cc(C#N)c5)c(CN[C@@](C)(CCO)C(=O)O)cc4Cl)cccc32)nc1OCc1cc(C#N)cc(C#N)c1)C(=O)O. The molecule has 392 valence electrons. The van der Waals surface area contributed by atoms with Gasteiger partial charge in [-0.3, -0.25) is 20.2 Å². The van der Waals surface area contributed by atoms with Crippen molar-refractivity contribution in [3.63, 3.8) is 0 Å². The number of halogens is 2. The van der Waals surface area contributed by atoms with E-state index in [0.29, 0.717) is 47.9 Å². The standard InChI is InChI=1S/C57H50Cl2N8O10/c1-56(13-14-68,54(70)71)64-27-38-21-46(58)52(66-50(38)74-29-36-17-32(23-60)15-33(18-36)24-61)76-48-11-9-42-40(5-3-7-44(42)48)41-6-4-8-45-43(41)10-12-49(45)77-53-47(59)22-39(28-65-57(2,31-69)55(72)73)51(67-53)75-30-37-19-34(25-62)16-35(20-37)26-63/h3-8,15-22,48-49,64-65,68-69H,9-14,27-31H2,1-2H3,(H,70,71)(H,72,73)/t48-,49-,56-,57?/m0/s1. The first-order valence-electron chi connectivity index (χ1n) is 24.3. The molecule has 0 saturated carbocycles. The molecule has 4 aromatic carbocycles. The molecule has 0 radical (unpaired) electrons. The molecule has 2 aromatic heterocycles. The number of fused-ring (bicyclic) bond motifs is 2. The Morgan fingerprint density at radius 2 is 1.03 bits per heavy atom. The van der Waals surface area contributed by atoms with E-state index < -0.39 is 41.8 Å². The molecule has 18 nitrogen and oxygen atoms in total. The molecule has 4 atom stereocenters. The van der Waals surface area contributed by atoms with E-state index in [-0.39, 0.29) is 95.2 Å². The van der Waals surface area contributed by atoms with Crippen LogP contribution in [0.15, 0.2) is 84.9 Å². The molecule has 0 fully saturated rings. The van der Waals surface area contributed by atoms with Crippen LogP contribution in [0.3, 0.4) is 0 Å². The van der Waals surface area contributed by atoms with Crippen molar-refractivity contribution < 1.29 is 49.0 Å². The highest BCUT2D eigenvalue weighted by atomic mass is 35.5. The van der Waals surface area contributed by atoms with Gasteiger partial charge in [-0.15, -0.1) is 0 Å². The number of carbonyl (C=O) groups is 2. The zero-order valence-electron chi connectivity index (χ0n) is 41.7. The number of hydrogen-bond acceptors (Lipinski definition) is 16. The predicted molar refractivity (Wildman–Crippen MR) is 279 cm³/mol. The fourth-order valence-corrected chi connectivity index (χ4v) is 9.73. The van der Waals surface area contributed by atoms with E-state index in [9.17, 15) is 51.1 Å². The maximum absolute atomic E-state index is 12.2. The second-order valence-corrected chi connectivity index (χ2v) is 19.8. The normalized spacial score (nSPS) is 15.8. The van der Waals surface area contributed by atoms with Gasteiger partial charge in [0.1, 0.15) is 46.5 Å². The molecule has 8 rings (SSSR count). The average Bonchev–Trinajstić information content (AvgIpc) is 4.05. The van der Waals surface area contributed by atoms with E-state index in [2.05, 4.69) is 27.8 Å². The Morgan fingerprint density at radius 3 is 1.39 bits per heavy atom. The molecule has 0 spiro atoms. The summed E-state index contributed by atoms with van der Waals surface area (Å²) in [5, 5.41) is 83.7. The van der Waals surface area contributed by atoms with Gasteiger partial charge in [-0.2, -0.15) is 31.0 Å². The molecule has 20 heteroatoms. The summed E-state index contributed by atoms with van der Waals surface area (Å²) in [4.78, 5) is 33.6. The summed E-state index contributed by atoms with van der Waals surface area (Å²) < 4.78 is 25.6. The van der Waals surface area contributed by atoms with Crippen LogP contribution < -0.4 is 29.6 Å². The Morgan fingerprint density at radius 1 is 0.623 bits per heavy atom. The van der Waals surface area contributed by atoms with Crippen molar-refractivity contribution in [2.24, 2.45) is 0 Å². The van der Waals surface area contributed by atoms with Gasteiger partial charge in [0.05, 0.1) is 53.1 Å². The molecular formula is C57H50Cl2N8O10. The third-order valence-corrected chi connectivity index (χ3v) is 14.2. The van der Waals surface area contributed by atoms with E-state index in [0.717, 1.165) is 33.4 Å². The smallest absolute Gasteiger partial charge is 0.326 e. The van der Waals surface area contributed by atoms with E-state index in [1.807, 2.05) is 48.5 Å². The Hall–Kier alpha value is -8.30. The van der Waals surface area contributed by atoms with Gasteiger partial charge >= 0.3 is 11.9 Å². The second-order valence-electron chi connectivity index (χ2n) is 19.0. The Kier molecular flexibility index (Phi) is 16.9. The molecule has 0 aliphatic heterocycles. The maximum atomic E-state index is 12.2. The number of aliphatic carboxylic acids is 2. The van der Waals surface area contributed by atoms with Gasteiger partial charge in [0.25, 0.3) is 0 Å². The van der Waals surface area contributed by atoms with Crippen molar-refractivity contribution >= 4 is 35.1 Å². The monoisotopic (exact) mass is 1080 g/mol. The van der Waals surface area contributed by atoms with Crippen molar-refractivity contribution in [2.75, 3.05) is 13.2 Å². The van der Waals surface area contributed by atoms with E-state index in [1.54, 1.807) is 36.4 Å². The number of ether oxygens (including phenoxy) is 4. The number of rotatable bonds is 22. The number of aliphatic hydroxyl groups excluding tert-OH is 2. The summed E-state index contributed by atoms with van der Waals surface area (Å²) in [6.07, 6.45) is 1.44. The van der Waals surface area contributed by atoms with Gasteiger partial charge in [-0.1, -0.05) is 59.6 Å². The molecule has 2 aliphatic carbocycles. The lowest BCUT2D eigenvalue weighted by molar-refractivity contribution is -0.146. The molecule has 1 unspecified atom stereocenters. The van der Waals surface area contributed by atoms with Crippen molar-refractivity contribution in [3.8, 4) is 58.9 Å². The number of aliphatic hydroxyl groups is 2. The van der Waals surface area contributed by atoms with Gasteiger partial charge in [-0.05, 0) is 139 Å². The van der Waals surface area contributed by atoms with E-state index in [1.165, 1.54) is 26.0 Å². The molecule has 2 aliphatic rings. The van der Waals surface area contributed by atoms with Crippen LogP contribution in [0.4, 0.5) is 0 Å². The zero-order valence-corrected chi connectivity index (χ0v) is 43.2. The first kappa shape index (κ1) is 54.9. The lowest BCUT2D eigenvalue weighted by Gasteiger charge is -2.26.